The van der Waals surface area contributed by atoms with Crippen LogP contribution < -0.4 is 10.6 Å². The second-order valence-electron chi connectivity index (χ2n) is 14.2. The van der Waals surface area contributed by atoms with Crippen LogP contribution in [0.5, 0.6) is 0 Å². The molecule has 0 unspecified atom stereocenters. The van der Waals surface area contributed by atoms with Crippen LogP contribution in [-0.4, -0.2) is 79.5 Å². The maximum Gasteiger partial charge on any atom is 0.243 e. The summed E-state index contributed by atoms with van der Waals surface area (Å²) in [5, 5.41) is 18.7. The van der Waals surface area contributed by atoms with Crippen LogP contribution in [0.3, 0.4) is 0 Å². The fourth-order valence-corrected chi connectivity index (χ4v) is 10.3. The van der Waals surface area contributed by atoms with Crippen molar-refractivity contribution in [2.45, 2.75) is 75.3 Å². The zero-order valence-electron chi connectivity index (χ0n) is 27.0. The molecular weight excluding hydrogens is 663 g/mol. The monoisotopic (exact) mass is 704 g/mol. The number of rotatable bonds is 14. The Morgan fingerprint density at radius 2 is 1.83 bits per heavy atom. The van der Waals surface area contributed by atoms with Gasteiger partial charge in [-0.05, 0) is 85.3 Å². The molecule has 4 fully saturated rings. The number of thiazole rings is 1. The summed E-state index contributed by atoms with van der Waals surface area (Å²) in [6.07, 6.45) is 1.59. The normalized spacial score (nSPS) is 26.4. The first-order valence-electron chi connectivity index (χ1n) is 16.8. The van der Waals surface area contributed by atoms with Crippen molar-refractivity contribution in [3.05, 3.63) is 53.6 Å². The van der Waals surface area contributed by atoms with Gasteiger partial charge < -0.3 is 25.2 Å². The first kappa shape index (κ1) is 33.7. The lowest BCUT2D eigenvalue weighted by Gasteiger charge is -2.31. The number of aromatic nitrogens is 1. The van der Waals surface area contributed by atoms with Gasteiger partial charge in [0.2, 0.25) is 15.9 Å². The Bertz CT molecular complexity index is 1750. The van der Waals surface area contributed by atoms with E-state index in [9.17, 15) is 27.1 Å². The number of aliphatic hydroxyl groups is 1. The van der Waals surface area contributed by atoms with Gasteiger partial charge >= 0.3 is 0 Å². The summed E-state index contributed by atoms with van der Waals surface area (Å²) in [6.45, 7) is 4.59. The molecule has 3 N–H and O–H groups in total. The zero-order chi connectivity index (χ0) is 33.7. The molecule has 10 nitrogen and oxygen atoms in total. The van der Waals surface area contributed by atoms with Crippen LogP contribution in [0.25, 0.3) is 10.2 Å². The molecule has 2 aliphatic heterocycles. The van der Waals surface area contributed by atoms with Crippen molar-refractivity contribution >= 4 is 42.6 Å². The van der Waals surface area contributed by atoms with Gasteiger partial charge in [0.1, 0.15) is 11.6 Å². The third-order valence-corrected chi connectivity index (χ3v) is 12.8. The van der Waals surface area contributed by atoms with Gasteiger partial charge in [-0.25, -0.2) is 22.2 Å². The standard InChI is InChI=1S/C34H42F2N4O6S2/c1-18(2)14-40(48(43,44)24-5-6-28-31(12-24)47-34(39-28)37-23-3-4-23)15-30(41)29(9-19-7-21(35)11-22(36)8-19)38-32(42)13-25-20-10-26-27(25)17-46-33(26)45-16-20/h5-8,11-12,18,20,23,25-27,29-30,33,41H,3-4,9-10,13-17H2,1-2H3,(H,37,39)(H,38,42)/t20-,25+,26-,27+,29+,30-,33+/m1/s1. The molecule has 2 saturated heterocycles. The summed E-state index contributed by atoms with van der Waals surface area (Å²) in [5.41, 5.74) is 0.929. The molecule has 14 heteroatoms. The molecule has 1 aromatic heterocycles. The predicted octanol–water partition coefficient (Wildman–Crippen LogP) is 4.53. The van der Waals surface area contributed by atoms with E-state index in [1.807, 2.05) is 13.8 Å². The van der Waals surface area contributed by atoms with E-state index in [0.717, 1.165) is 47.3 Å². The largest absolute Gasteiger partial charge is 0.390 e. The molecule has 2 aromatic carbocycles. The quantitative estimate of drug-likeness (QED) is 0.223. The topological polar surface area (TPSA) is 130 Å². The number of aliphatic hydroxyl groups excluding tert-OH is 1. The molecule has 2 aliphatic carbocycles. The molecule has 0 spiro atoms. The van der Waals surface area contributed by atoms with Crippen LogP contribution in [0.4, 0.5) is 13.9 Å². The molecule has 3 aromatic rings. The fourth-order valence-electron chi connectivity index (χ4n) is 7.59. The number of hydrogen-bond donors (Lipinski definition) is 3. The number of hydrogen-bond acceptors (Lipinski definition) is 9. The molecule has 2 bridgehead atoms. The highest BCUT2D eigenvalue weighted by molar-refractivity contribution is 7.89. The molecule has 3 heterocycles. The van der Waals surface area contributed by atoms with E-state index in [-0.39, 0.29) is 78.2 Å². The second-order valence-corrected chi connectivity index (χ2v) is 17.2. The number of amides is 1. The molecule has 0 radical (unpaired) electrons. The van der Waals surface area contributed by atoms with E-state index in [4.69, 9.17) is 9.47 Å². The van der Waals surface area contributed by atoms with Crippen molar-refractivity contribution in [1.29, 1.82) is 0 Å². The first-order valence-corrected chi connectivity index (χ1v) is 19.0. The van der Waals surface area contributed by atoms with Gasteiger partial charge in [-0.3, -0.25) is 4.79 Å². The molecule has 1 amide bonds. The minimum Gasteiger partial charge on any atom is -0.390 e. The Labute approximate surface area is 283 Å². The second kappa shape index (κ2) is 13.5. The summed E-state index contributed by atoms with van der Waals surface area (Å²) < 4.78 is 70.2. The highest BCUT2D eigenvalue weighted by atomic mass is 32.2. The Kier molecular flexibility index (Phi) is 9.50. The Morgan fingerprint density at radius 1 is 1.08 bits per heavy atom. The molecule has 7 atom stereocenters. The van der Waals surface area contributed by atoms with Gasteiger partial charge in [0, 0.05) is 37.5 Å². The fraction of sp³-hybridized carbons (Fsp3) is 0.588. The first-order chi connectivity index (χ1) is 22.9. The van der Waals surface area contributed by atoms with E-state index in [1.165, 1.54) is 21.7 Å². The molecule has 2 saturated carbocycles. The van der Waals surface area contributed by atoms with Crippen LogP contribution >= 0.6 is 11.3 Å². The number of nitrogens with one attached hydrogen (secondary N) is 2. The lowest BCUT2D eigenvalue weighted by atomic mass is 9.86. The number of halogens is 2. The lowest BCUT2D eigenvalue weighted by molar-refractivity contribution is -0.165. The predicted molar refractivity (Wildman–Crippen MR) is 177 cm³/mol. The minimum absolute atomic E-state index is 0.0476. The van der Waals surface area contributed by atoms with Gasteiger partial charge in [0.05, 0.1) is 40.5 Å². The van der Waals surface area contributed by atoms with Crippen molar-refractivity contribution in [1.82, 2.24) is 14.6 Å². The summed E-state index contributed by atoms with van der Waals surface area (Å²) in [7, 11) is -4.10. The average Bonchev–Trinajstić information content (AvgIpc) is 3.47. The number of ether oxygens (including phenoxy) is 2. The van der Waals surface area contributed by atoms with E-state index < -0.39 is 33.8 Å². The lowest BCUT2D eigenvalue weighted by Crippen LogP contribution is -2.51. The third-order valence-electron chi connectivity index (χ3n) is 10.0. The number of sulfonamides is 1. The van der Waals surface area contributed by atoms with Crippen LogP contribution in [0.2, 0.25) is 0 Å². The van der Waals surface area contributed by atoms with Crippen molar-refractivity contribution in [2.75, 3.05) is 31.6 Å². The van der Waals surface area contributed by atoms with Crippen molar-refractivity contribution < 1.29 is 36.6 Å². The van der Waals surface area contributed by atoms with E-state index >= 15 is 0 Å². The average molecular weight is 705 g/mol. The van der Waals surface area contributed by atoms with E-state index in [2.05, 4.69) is 15.6 Å². The maximum absolute atomic E-state index is 14.2. The Balaban J connectivity index is 1.11. The molecule has 260 valence electrons. The van der Waals surface area contributed by atoms with Gasteiger partial charge in [-0.1, -0.05) is 25.2 Å². The number of anilines is 1. The summed E-state index contributed by atoms with van der Waals surface area (Å²) >= 11 is 1.39. The SMILES string of the molecule is CC(C)CN(C[C@@H](O)[C@H](Cc1cc(F)cc(F)c1)NC(=O)C[C@H]1[C@H]2CO[C@H]3OC[C@@H]1[C@H]3C2)S(=O)(=O)c1ccc2nc(NC3CC3)sc2c1. The summed E-state index contributed by atoms with van der Waals surface area (Å²) in [5.74, 6) is -1.22. The number of nitrogens with zero attached hydrogens (tertiary/aromatic N) is 2. The minimum atomic E-state index is -4.10. The number of carbonyl (C=O) groups is 1. The van der Waals surface area contributed by atoms with Crippen molar-refractivity contribution in [2.24, 2.45) is 29.6 Å². The van der Waals surface area contributed by atoms with Crippen LogP contribution in [0.1, 0.15) is 45.1 Å². The molecule has 7 rings (SSSR count). The highest BCUT2D eigenvalue weighted by Gasteiger charge is 2.54. The zero-order valence-corrected chi connectivity index (χ0v) is 28.6. The maximum atomic E-state index is 14.2. The van der Waals surface area contributed by atoms with Crippen LogP contribution in [-0.2, 0) is 30.7 Å². The smallest absolute Gasteiger partial charge is 0.243 e. The molecule has 48 heavy (non-hydrogen) atoms. The number of benzene rings is 2. The molecular formula is C34H42F2N4O6S2. The van der Waals surface area contributed by atoms with E-state index in [1.54, 1.807) is 12.1 Å². The van der Waals surface area contributed by atoms with Crippen LogP contribution in [0.15, 0.2) is 41.3 Å². The van der Waals surface area contributed by atoms with Gasteiger partial charge in [0.25, 0.3) is 0 Å². The summed E-state index contributed by atoms with van der Waals surface area (Å²) in [6, 6.07) is 7.26. The third kappa shape index (κ3) is 7.24. The van der Waals surface area contributed by atoms with Crippen molar-refractivity contribution in [3.8, 4) is 0 Å². The van der Waals surface area contributed by atoms with E-state index in [0.29, 0.717) is 24.8 Å². The Morgan fingerprint density at radius 3 is 2.56 bits per heavy atom. The van der Waals surface area contributed by atoms with Gasteiger partial charge in [0.15, 0.2) is 11.4 Å². The summed E-state index contributed by atoms with van der Waals surface area (Å²) in [4.78, 5) is 18.2. The van der Waals surface area contributed by atoms with Crippen LogP contribution in [0, 0.1) is 41.2 Å². The van der Waals surface area contributed by atoms with Gasteiger partial charge in [-0.2, -0.15) is 4.31 Å². The number of carbonyl (C=O) groups excluding carboxylic acids is 1. The molecule has 4 aliphatic rings. The Hall–Kier alpha value is -2.75. The highest BCUT2D eigenvalue weighted by Crippen LogP contribution is 2.52. The van der Waals surface area contributed by atoms with Gasteiger partial charge in [-0.15, -0.1) is 0 Å². The number of fused-ring (bicyclic) bond motifs is 2. The van der Waals surface area contributed by atoms with Crippen molar-refractivity contribution in [3.63, 3.8) is 0 Å².